The monoisotopic (exact) mass is 315 g/mol. The van der Waals surface area contributed by atoms with Crippen molar-refractivity contribution in [3.05, 3.63) is 23.2 Å². The van der Waals surface area contributed by atoms with Crippen LogP contribution >= 0.6 is 23.2 Å². The summed E-state index contributed by atoms with van der Waals surface area (Å²) in [4.78, 5) is 6.53. The van der Waals surface area contributed by atoms with Crippen LogP contribution in [0.2, 0.25) is 5.02 Å². The number of ether oxygens (including phenoxy) is 1. The van der Waals surface area contributed by atoms with Gasteiger partial charge in [-0.25, -0.2) is 4.99 Å². The number of amidine groups is 1. The van der Waals surface area contributed by atoms with E-state index in [2.05, 4.69) is 9.89 Å². The molecular weight excluding hydrogens is 297 g/mol. The fourth-order valence-electron chi connectivity index (χ4n) is 2.16. The number of rotatable bonds is 6. The molecule has 0 bridgehead atoms. The number of halogens is 2. The molecule has 1 aliphatic rings. The molecule has 0 amide bonds. The van der Waals surface area contributed by atoms with Crippen LogP contribution in [0.25, 0.3) is 0 Å². The van der Waals surface area contributed by atoms with Gasteiger partial charge < -0.3 is 10.5 Å². The summed E-state index contributed by atoms with van der Waals surface area (Å²) in [5, 5.41) is 0.537. The zero-order chi connectivity index (χ0) is 14.4. The molecule has 20 heavy (non-hydrogen) atoms. The van der Waals surface area contributed by atoms with Gasteiger partial charge in [0.25, 0.3) is 0 Å². The highest BCUT2D eigenvalue weighted by Crippen LogP contribution is 2.29. The van der Waals surface area contributed by atoms with E-state index in [1.807, 2.05) is 12.1 Å². The smallest absolute Gasteiger partial charge is 0.138 e. The first-order valence-corrected chi connectivity index (χ1v) is 7.64. The lowest BCUT2D eigenvalue weighted by Gasteiger charge is -2.15. The van der Waals surface area contributed by atoms with Gasteiger partial charge in [-0.1, -0.05) is 11.6 Å². The molecule has 0 saturated carbocycles. The maximum Gasteiger partial charge on any atom is 0.138 e. The van der Waals surface area contributed by atoms with Crippen molar-refractivity contribution in [1.29, 1.82) is 0 Å². The van der Waals surface area contributed by atoms with E-state index in [0.717, 1.165) is 6.54 Å². The van der Waals surface area contributed by atoms with Crippen LogP contribution in [-0.2, 0) is 0 Å². The van der Waals surface area contributed by atoms with Crippen LogP contribution in [-0.4, -0.2) is 42.9 Å². The topological polar surface area (TPSA) is 50.9 Å². The van der Waals surface area contributed by atoms with Crippen LogP contribution in [0, 0.1) is 0 Å². The molecule has 0 unspecified atom stereocenters. The molecular formula is C14H19Cl2N3O. The number of hydrogen-bond acceptors (Lipinski definition) is 3. The van der Waals surface area contributed by atoms with Crippen LogP contribution in [0.15, 0.2) is 23.2 Å². The molecule has 110 valence electrons. The van der Waals surface area contributed by atoms with E-state index >= 15 is 0 Å². The van der Waals surface area contributed by atoms with Gasteiger partial charge in [-0.2, -0.15) is 0 Å². The Morgan fingerprint density at radius 3 is 2.75 bits per heavy atom. The van der Waals surface area contributed by atoms with Crippen molar-refractivity contribution in [3.63, 3.8) is 0 Å². The zero-order valence-electron chi connectivity index (χ0n) is 11.3. The van der Waals surface area contributed by atoms with Crippen LogP contribution < -0.4 is 10.5 Å². The first-order valence-electron chi connectivity index (χ1n) is 6.73. The van der Waals surface area contributed by atoms with E-state index in [1.165, 1.54) is 25.9 Å². The number of nitrogens with two attached hydrogens (primary N) is 1. The third-order valence-electron chi connectivity index (χ3n) is 3.19. The molecule has 1 heterocycles. The second-order valence-electron chi connectivity index (χ2n) is 4.75. The normalized spacial score (nSPS) is 16.6. The molecule has 0 radical (unpaired) electrons. The van der Waals surface area contributed by atoms with Gasteiger partial charge in [0.05, 0.1) is 16.6 Å². The Bertz CT molecular complexity index is 473. The SMILES string of the molecule is NC(CCl)=Nc1ccc(OCCN2CCCC2)c(Cl)c1. The number of benzene rings is 1. The lowest BCUT2D eigenvalue weighted by atomic mass is 10.3. The minimum atomic E-state index is 0.200. The van der Waals surface area contributed by atoms with E-state index in [-0.39, 0.29) is 5.88 Å². The number of nitrogens with zero attached hydrogens (tertiary/aromatic N) is 2. The molecule has 1 aromatic carbocycles. The highest BCUT2D eigenvalue weighted by atomic mass is 35.5. The van der Waals surface area contributed by atoms with Gasteiger partial charge in [0.1, 0.15) is 18.2 Å². The Balaban J connectivity index is 1.88. The molecule has 0 aliphatic carbocycles. The largest absolute Gasteiger partial charge is 0.491 e. The molecule has 1 aromatic rings. The average molecular weight is 316 g/mol. The van der Waals surface area contributed by atoms with Gasteiger partial charge in [0.2, 0.25) is 0 Å². The van der Waals surface area contributed by atoms with Crippen LogP contribution in [0.3, 0.4) is 0 Å². The van der Waals surface area contributed by atoms with Gasteiger partial charge in [0.15, 0.2) is 0 Å². The predicted octanol–water partition coefficient (Wildman–Crippen LogP) is 3.04. The predicted molar refractivity (Wildman–Crippen MR) is 84.6 cm³/mol. The summed E-state index contributed by atoms with van der Waals surface area (Å²) in [5.74, 6) is 1.24. The lowest BCUT2D eigenvalue weighted by Crippen LogP contribution is -2.25. The fourth-order valence-corrected chi connectivity index (χ4v) is 2.45. The van der Waals surface area contributed by atoms with Crippen molar-refractivity contribution in [2.75, 3.05) is 32.1 Å². The fraction of sp³-hybridized carbons (Fsp3) is 0.500. The van der Waals surface area contributed by atoms with Gasteiger partial charge >= 0.3 is 0 Å². The molecule has 4 nitrogen and oxygen atoms in total. The van der Waals surface area contributed by atoms with Crippen molar-refractivity contribution >= 4 is 34.7 Å². The summed E-state index contributed by atoms with van der Waals surface area (Å²) >= 11 is 11.8. The summed E-state index contributed by atoms with van der Waals surface area (Å²) in [6.07, 6.45) is 2.57. The summed E-state index contributed by atoms with van der Waals surface area (Å²) < 4.78 is 5.71. The van der Waals surface area contributed by atoms with Gasteiger partial charge in [-0.15, -0.1) is 11.6 Å². The van der Waals surface area contributed by atoms with Crippen LogP contribution in [0.5, 0.6) is 5.75 Å². The molecule has 0 spiro atoms. The van der Waals surface area contributed by atoms with E-state index in [9.17, 15) is 0 Å². The van der Waals surface area contributed by atoms with E-state index in [4.69, 9.17) is 33.7 Å². The zero-order valence-corrected chi connectivity index (χ0v) is 12.8. The molecule has 2 rings (SSSR count). The third kappa shape index (κ3) is 4.54. The number of aliphatic imine (C=N–C) groups is 1. The molecule has 6 heteroatoms. The third-order valence-corrected chi connectivity index (χ3v) is 3.76. The second kappa shape index (κ2) is 7.72. The highest BCUT2D eigenvalue weighted by Gasteiger charge is 2.11. The number of alkyl halides is 1. The Morgan fingerprint density at radius 2 is 2.10 bits per heavy atom. The Kier molecular flexibility index (Phi) is 5.95. The lowest BCUT2D eigenvalue weighted by molar-refractivity contribution is 0.238. The summed E-state index contributed by atoms with van der Waals surface area (Å²) in [5.41, 5.74) is 6.26. The summed E-state index contributed by atoms with van der Waals surface area (Å²) in [6.45, 7) is 3.92. The van der Waals surface area contributed by atoms with E-state index in [1.54, 1.807) is 6.07 Å². The summed E-state index contributed by atoms with van der Waals surface area (Å²) in [6, 6.07) is 5.36. The average Bonchev–Trinajstić information content (AvgIpc) is 2.94. The van der Waals surface area contributed by atoms with Crippen molar-refractivity contribution in [2.24, 2.45) is 10.7 Å². The molecule has 1 aliphatic heterocycles. The van der Waals surface area contributed by atoms with E-state index < -0.39 is 0 Å². The summed E-state index contributed by atoms with van der Waals surface area (Å²) in [7, 11) is 0. The van der Waals surface area contributed by atoms with E-state index in [0.29, 0.717) is 28.9 Å². The number of hydrogen-bond donors (Lipinski definition) is 1. The number of likely N-dealkylation sites (tertiary alicyclic amines) is 1. The van der Waals surface area contributed by atoms with Crippen molar-refractivity contribution in [1.82, 2.24) is 4.90 Å². The van der Waals surface area contributed by atoms with Crippen LogP contribution in [0.4, 0.5) is 5.69 Å². The molecule has 0 aromatic heterocycles. The van der Waals surface area contributed by atoms with Crippen molar-refractivity contribution in [2.45, 2.75) is 12.8 Å². The maximum atomic E-state index is 6.17. The molecule has 1 saturated heterocycles. The maximum absolute atomic E-state index is 6.17. The minimum Gasteiger partial charge on any atom is -0.491 e. The molecule has 1 fully saturated rings. The standard InChI is InChI=1S/C14H19Cl2N3O/c15-10-14(17)18-11-3-4-13(12(16)9-11)20-8-7-19-5-1-2-6-19/h3-4,9H,1-2,5-8,10H2,(H2,17,18). The molecule has 2 N–H and O–H groups in total. The quantitative estimate of drug-likeness (QED) is 0.498. The van der Waals surface area contributed by atoms with Crippen molar-refractivity contribution in [3.8, 4) is 5.75 Å². The Labute approximate surface area is 129 Å². The highest BCUT2D eigenvalue weighted by molar-refractivity contribution is 6.32. The first-order chi connectivity index (χ1) is 9.69. The van der Waals surface area contributed by atoms with Gasteiger partial charge in [0, 0.05) is 6.54 Å². The minimum absolute atomic E-state index is 0.200. The van der Waals surface area contributed by atoms with Crippen molar-refractivity contribution < 1.29 is 4.74 Å². The van der Waals surface area contributed by atoms with Gasteiger partial charge in [-0.3, -0.25) is 4.90 Å². The Morgan fingerprint density at radius 1 is 1.35 bits per heavy atom. The molecule has 0 atom stereocenters. The Hall–Kier alpha value is -0.970. The second-order valence-corrected chi connectivity index (χ2v) is 5.42. The van der Waals surface area contributed by atoms with Gasteiger partial charge in [-0.05, 0) is 44.1 Å². The first kappa shape index (κ1) is 15.4. The van der Waals surface area contributed by atoms with Crippen LogP contribution in [0.1, 0.15) is 12.8 Å².